The number of ether oxygens (including phenoxy) is 2. The van der Waals surface area contributed by atoms with Gasteiger partial charge >= 0.3 is 12.4 Å². The molecular formula is C9H12O4. The van der Waals surface area contributed by atoms with Gasteiger partial charge in [-0.2, -0.15) is 0 Å². The predicted molar refractivity (Wildman–Crippen MR) is 44.9 cm³/mol. The number of hydrogen-bond donors (Lipinski definition) is 0. The first kappa shape index (κ1) is 9.92. The molecule has 0 unspecified atom stereocenters. The van der Waals surface area contributed by atoms with Crippen LogP contribution < -0.4 is 0 Å². The second kappa shape index (κ2) is 5.48. The summed E-state index contributed by atoms with van der Waals surface area (Å²) in [5.41, 5.74) is 0. The molecule has 1 fully saturated rings. The Balaban J connectivity index is 2.28. The molecule has 0 aromatic carbocycles. The van der Waals surface area contributed by atoms with Crippen molar-refractivity contribution in [2.45, 2.75) is 25.4 Å². The van der Waals surface area contributed by atoms with Crippen LogP contribution in [0.25, 0.3) is 0 Å². The van der Waals surface area contributed by atoms with Gasteiger partial charge in [0.25, 0.3) is 0 Å². The number of hydrogen-bond acceptors (Lipinski definition) is 4. The Morgan fingerprint density at radius 1 is 1.46 bits per heavy atom. The summed E-state index contributed by atoms with van der Waals surface area (Å²) >= 11 is 0. The molecule has 0 N–H and O–H groups in total. The summed E-state index contributed by atoms with van der Waals surface area (Å²) < 4.78 is 9.39. The van der Waals surface area contributed by atoms with Gasteiger partial charge in [0.15, 0.2) is 0 Å². The van der Waals surface area contributed by atoms with Crippen LogP contribution in [0, 0.1) is 0 Å². The smallest absolute Gasteiger partial charge is 0.337 e. The molecule has 0 saturated carbocycles. The van der Waals surface area contributed by atoms with E-state index in [2.05, 4.69) is 4.74 Å². The maximum Gasteiger partial charge on any atom is 0.337 e. The third-order valence-electron chi connectivity index (χ3n) is 1.83. The second-order valence-corrected chi connectivity index (χ2v) is 2.80. The van der Waals surface area contributed by atoms with Gasteiger partial charge in [-0.1, -0.05) is 0 Å². The average molecular weight is 184 g/mol. The van der Waals surface area contributed by atoms with E-state index in [-0.39, 0.29) is 12.6 Å². The highest BCUT2D eigenvalue weighted by atomic mass is 16.6. The summed E-state index contributed by atoms with van der Waals surface area (Å²) in [4.78, 5) is 20.4. The van der Waals surface area contributed by atoms with Gasteiger partial charge in [-0.3, -0.25) is 4.79 Å². The molecule has 1 aliphatic rings. The van der Waals surface area contributed by atoms with E-state index in [0.717, 1.165) is 25.9 Å². The van der Waals surface area contributed by atoms with Crippen molar-refractivity contribution in [3.8, 4) is 0 Å². The highest BCUT2D eigenvalue weighted by Gasteiger charge is 2.10. The third kappa shape index (κ3) is 3.85. The maximum absolute atomic E-state index is 10.7. The average Bonchev–Trinajstić information content (AvgIpc) is 2.17. The van der Waals surface area contributed by atoms with Crippen molar-refractivity contribution in [2.75, 3.05) is 6.61 Å². The first-order valence-electron chi connectivity index (χ1n) is 4.27. The molecule has 1 atom stereocenters. The van der Waals surface area contributed by atoms with E-state index in [1.54, 1.807) is 6.08 Å². The van der Waals surface area contributed by atoms with Gasteiger partial charge in [0, 0.05) is 12.7 Å². The Labute approximate surface area is 76.5 Å². The van der Waals surface area contributed by atoms with E-state index >= 15 is 0 Å². The van der Waals surface area contributed by atoms with E-state index < -0.39 is 5.97 Å². The first-order valence-corrected chi connectivity index (χ1v) is 4.27. The first-order chi connectivity index (χ1) is 6.33. The van der Waals surface area contributed by atoms with Gasteiger partial charge in [0.2, 0.25) is 0 Å². The Bertz CT molecular complexity index is 204. The molecule has 0 spiro atoms. The Kier molecular flexibility index (Phi) is 4.18. The van der Waals surface area contributed by atoms with Crippen LogP contribution in [-0.4, -0.2) is 25.2 Å². The van der Waals surface area contributed by atoms with E-state index in [1.165, 1.54) is 6.08 Å². The normalized spacial score (nSPS) is 22.9. The van der Waals surface area contributed by atoms with Gasteiger partial charge < -0.3 is 9.47 Å². The van der Waals surface area contributed by atoms with Crippen molar-refractivity contribution in [1.82, 2.24) is 0 Å². The van der Waals surface area contributed by atoms with Crippen molar-refractivity contribution in [2.24, 2.45) is 0 Å². The standard InChI is InChI=1S/C9H12O4/c10-7-13-9(11)5-4-8-3-1-2-6-12-8/h4-5,7-8H,1-3,6H2/b5-4+/t8-/m0/s1. The topological polar surface area (TPSA) is 52.6 Å². The largest absolute Gasteiger partial charge is 0.392 e. The zero-order valence-electron chi connectivity index (χ0n) is 7.27. The molecule has 1 heterocycles. The van der Waals surface area contributed by atoms with Gasteiger partial charge in [-0.15, -0.1) is 0 Å². The molecule has 13 heavy (non-hydrogen) atoms. The van der Waals surface area contributed by atoms with Crippen LogP contribution in [0.3, 0.4) is 0 Å². The lowest BCUT2D eigenvalue weighted by atomic mass is 10.1. The molecule has 1 saturated heterocycles. The van der Waals surface area contributed by atoms with Crippen LogP contribution in [0.4, 0.5) is 0 Å². The summed E-state index contributed by atoms with van der Waals surface area (Å²) in [5.74, 6) is -0.649. The number of esters is 1. The molecule has 0 aliphatic carbocycles. The van der Waals surface area contributed by atoms with Crippen LogP contribution in [0.15, 0.2) is 12.2 Å². The minimum Gasteiger partial charge on any atom is -0.392 e. The lowest BCUT2D eigenvalue weighted by Gasteiger charge is -2.18. The van der Waals surface area contributed by atoms with Crippen molar-refractivity contribution in [3.05, 3.63) is 12.2 Å². The maximum atomic E-state index is 10.7. The lowest BCUT2D eigenvalue weighted by Crippen LogP contribution is -2.16. The fraction of sp³-hybridized carbons (Fsp3) is 0.556. The zero-order chi connectivity index (χ0) is 9.52. The monoisotopic (exact) mass is 184 g/mol. The molecular weight excluding hydrogens is 172 g/mol. The quantitative estimate of drug-likeness (QED) is 0.282. The Hall–Kier alpha value is -1.16. The van der Waals surface area contributed by atoms with Gasteiger partial charge in [-0.05, 0) is 25.3 Å². The number of rotatable bonds is 3. The fourth-order valence-corrected chi connectivity index (χ4v) is 1.19. The molecule has 72 valence electrons. The Morgan fingerprint density at radius 2 is 2.31 bits per heavy atom. The van der Waals surface area contributed by atoms with E-state index in [9.17, 15) is 9.59 Å². The number of carbonyl (C=O) groups excluding carboxylic acids is 2. The zero-order valence-corrected chi connectivity index (χ0v) is 7.27. The summed E-state index contributed by atoms with van der Waals surface area (Å²) in [7, 11) is 0. The molecule has 4 nitrogen and oxygen atoms in total. The SMILES string of the molecule is O=COC(=O)/C=C/[C@@H]1CCCCO1. The molecule has 1 aliphatic heterocycles. The molecule has 0 amide bonds. The van der Waals surface area contributed by atoms with Crippen LogP contribution in [-0.2, 0) is 19.1 Å². The molecule has 0 aromatic rings. The Morgan fingerprint density at radius 3 is 2.92 bits per heavy atom. The second-order valence-electron chi connectivity index (χ2n) is 2.80. The van der Waals surface area contributed by atoms with Gasteiger partial charge in [-0.25, -0.2) is 4.79 Å². The van der Waals surface area contributed by atoms with Crippen LogP contribution in [0.2, 0.25) is 0 Å². The summed E-state index contributed by atoms with van der Waals surface area (Å²) in [5, 5.41) is 0. The van der Waals surface area contributed by atoms with E-state index in [0.29, 0.717) is 0 Å². The summed E-state index contributed by atoms with van der Waals surface area (Å²) in [6, 6.07) is 0. The van der Waals surface area contributed by atoms with Crippen molar-refractivity contribution < 1.29 is 19.1 Å². The highest BCUT2D eigenvalue weighted by molar-refractivity contribution is 5.86. The molecule has 0 radical (unpaired) electrons. The minimum absolute atomic E-state index is 0.00653. The third-order valence-corrected chi connectivity index (χ3v) is 1.83. The van der Waals surface area contributed by atoms with Crippen molar-refractivity contribution >= 4 is 12.4 Å². The van der Waals surface area contributed by atoms with Crippen molar-refractivity contribution in [3.63, 3.8) is 0 Å². The van der Waals surface area contributed by atoms with Crippen LogP contribution >= 0.6 is 0 Å². The molecule has 0 bridgehead atoms. The van der Waals surface area contributed by atoms with E-state index in [1.807, 2.05) is 0 Å². The number of carbonyl (C=O) groups is 2. The van der Waals surface area contributed by atoms with Crippen molar-refractivity contribution in [1.29, 1.82) is 0 Å². The molecule has 1 rings (SSSR count). The van der Waals surface area contributed by atoms with Crippen LogP contribution in [0.5, 0.6) is 0 Å². The predicted octanol–water partition coefficient (Wildman–Crippen LogP) is 0.811. The lowest BCUT2D eigenvalue weighted by molar-refractivity contribution is -0.147. The summed E-state index contributed by atoms with van der Waals surface area (Å²) in [6.45, 7) is 0.853. The highest BCUT2D eigenvalue weighted by Crippen LogP contribution is 2.13. The summed E-state index contributed by atoms with van der Waals surface area (Å²) in [6.07, 6.45) is 5.95. The van der Waals surface area contributed by atoms with Gasteiger partial charge in [0.05, 0.1) is 6.10 Å². The molecule has 0 aromatic heterocycles. The minimum atomic E-state index is -0.649. The fourth-order valence-electron chi connectivity index (χ4n) is 1.19. The van der Waals surface area contributed by atoms with Crippen LogP contribution in [0.1, 0.15) is 19.3 Å². The van der Waals surface area contributed by atoms with Gasteiger partial charge in [0.1, 0.15) is 0 Å². The van der Waals surface area contributed by atoms with E-state index in [4.69, 9.17) is 4.74 Å². The molecule has 4 heteroatoms.